The van der Waals surface area contributed by atoms with Crippen LogP contribution in [-0.4, -0.2) is 22.5 Å². The summed E-state index contributed by atoms with van der Waals surface area (Å²) in [6.45, 7) is 1.99. The van der Waals surface area contributed by atoms with E-state index in [4.69, 9.17) is 0 Å². The number of esters is 1. The number of imidazole rings is 1. The van der Waals surface area contributed by atoms with Crippen molar-refractivity contribution in [3.63, 3.8) is 0 Å². The zero-order valence-electron chi connectivity index (χ0n) is 6.01. The van der Waals surface area contributed by atoms with Gasteiger partial charge in [-0.15, -0.1) is 0 Å². The second kappa shape index (κ2) is 3.05. The summed E-state index contributed by atoms with van der Waals surface area (Å²) in [7, 11) is 0. The van der Waals surface area contributed by atoms with E-state index >= 15 is 0 Å². The van der Waals surface area contributed by atoms with Gasteiger partial charge in [0.2, 0.25) is 0 Å². The predicted molar refractivity (Wildman–Crippen MR) is 37.4 cm³/mol. The molecule has 1 rings (SSSR count). The fraction of sp³-hybridized carbons (Fsp3) is 0.333. The van der Waals surface area contributed by atoms with Gasteiger partial charge in [-0.1, -0.05) is 0 Å². The first-order chi connectivity index (χ1) is 5.24. The van der Waals surface area contributed by atoms with Crippen molar-refractivity contribution in [3.05, 3.63) is 22.4 Å². The summed E-state index contributed by atoms with van der Waals surface area (Å²) in [4.78, 5) is 25.9. The summed E-state index contributed by atoms with van der Waals surface area (Å²) in [5, 5.41) is 0. The summed E-state index contributed by atoms with van der Waals surface area (Å²) in [5.74, 6) is -0.522. The van der Waals surface area contributed by atoms with E-state index in [0.717, 1.165) is 0 Å². The van der Waals surface area contributed by atoms with Crippen molar-refractivity contribution in [3.8, 4) is 0 Å². The van der Waals surface area contributed by atoms with Crippen molar-refractivity contribution in [2.24, 2.45) is 0 Å². The van der Waals surface area contributed by atoms with Gasteiger partial charge in [-0.2, -0.15) is 0 Å². The van der Waals surface area contributed by atoms with Crippen molar-refractivity contribution in [1.82, 2.24) is 9.97 Å². The van der Waals surface area contributed by atoms with Crippen LogP contribution in [0.15, 0.2) is 11.0 Å². The van der Waals surface area contributed by atoms with Gasteiger partial charge in [-0.25, -0.2) is 9.59 Å². The average molecular weight is 156 g/mol. The first-order valence-electron chi connectivity index (χ1n) is 3.19. The SMILES string of the molecule is CCOC(=O)c1c[nH]c(=O)[nH]1. The lowest BCUT2D eigenvalue weighted by molar-refractivity contribution is 0.0520. The molecule has 0 atom stereocenters. The number of ether oxygens (including phenoxy) is 1. The molecule has 2 N–H and O–H groups in total. The second-order valence-electron chi connectivity index (χ2n) is 1.88. The molecule has 0 unspecified atom stereocenters. The topological polar surface area (TPSA) is 75.0 Å². The summed E-state index contributed by atoms with van der Waals surface area (Å²) >= 11 is 0. The summed E-state index contributed by atoms with van der Waals surface area (Å²) in [6.07, 6.45) is 1.28. The lowest BCUT2D eigenvalue weighted by Crippen LogP contribution is -2.08. The molecule has 0 aliphatic heterocycles. The molecule has 0 radical (unpaired) electrons. The van der Waals surface area contributed by atoms with Gasteiger partial charge < -0.3 is 14.7 Å². The van der Waals surface area contributed by atoms with Crippen LogP contribution in [-0.2, 0) is 4.74 Å². The smallest absolute Gasteiger partial charge is 0.356 e. The van der Waals surface area contributed by atoms with Crippen LogP contribution in [0.25, 0.3) is 0 Å². The lowest BCUT2D eigenvalue weighted by Gasteiger charge is -1.95. The number of hydrogen-bond donors (Lipinski definition) is 2. The number of aromatic amines is 2. The van der Waals surface area contributed by atoms with Crippen LogP contribution in [0.3, 0.4) is 0 Å². The molecule has 1 heterocycles. The minimum atomic E-state index is -0.522. The van der Waals surface area contributed by atoms with Crippen LogP contribution >= 0.6 is 0 Å². The van der Waals surface area contributed by atoms with Gasteiger partial charge in [-0.3, -0.25) is 0 Å². The molecule has 0 fully saturated rings. The van der Waals surface area contributed by atoms with Gasteiger partial charge in [0.05, 0.1) is 6.61 Å². The Hall–Kier alpha value is -1.52. The molecule has 0 saturated carbocycles. The van der Waals surface area contributed by atoms with E-state index < -0.39 is 11.7 Å². The third-order valence-corrected chi connectivity index (χ3v) is 1.09. The summed E-state index contributed by atoms with van der Waals surface area (Å²) < 4.78 is 4.61. The molecule has 0 amide bonds. The molecular weight excluding hydrogens is 148 g/mol. The molecule has 11 heavy (non-hydrogen) atoms. The van der Waals surface area contributed by atoms with Gasteiger partial charge in [0.15, 0.2) is 0 Å². The molecular formula is C6H8N2O3. The fourth-order valence-electron chi connectivity index (χ4n) is 0.651. The summed E-state index contributed by atoms with van der Waals surface area (Å²) in [5.41, 5.74) is -0.259. The third-order valence-electron chi connectivity index (χ3n) is 1.09. The Balaban J connectivity index is 2.76. The predicted octanol–water partition coefficient (Wildman–Crippen LogP) is -0.120. The maximum absolute atomic E-state index is 10.8. The van der Waals surface area contributed by atoms with E-state index in [2.05, 4.69) is 14.7 Å². The Morgan fingerprint density at radius 3 is 2.91 bits per heavy atom. The lowest BCUT2D eigenvalue weighted by atomic mass is 10.5. The molecule has 0 aromatic carbocycles. The highest BCUT2D eigenvalue weighted by molar-refractivity contribution is 5.86. The summed E-state index contributed by atoms with van der Waals surface area (Å²) in [6, 6.07) is 0. The third kappa shape index (κ3) is 1.70. The van der Waals surface area contributed by atoms with E-state index in [-0.39, 0.29) is 5.69 Å². The first kappa shape index (κ1) is 7.59. The fourth-order valence-corrected chi connectivity index (χ4v) is 0.651. The molecule has 0 aliphatic rings. The standard InChI is InChI=1S/C6H8N2O3/c1-2-11-5(9)4-3-7-6(10)8-4/h3H,2H2,1H3,(H2,7,8,10). The van der Waals surface area contributed by atoms with E-state index in [1.165, 1.54) is 6.20 Å². The molecule has 0 spiro atoms. The van der Waals surface area contributed by atoms with Crippen LogP contribution in [0.2, 0.25) is 0 Å². The molecule has 5 nitrogen and oxygen atoms in total. The number of rotatable bonds is 2. The van der Waals surface area contributed by atoms with E-state index in [1.54, 1.807) is 6.92 Å². The molecule has 1 aromatic heterocycles. The Labute approximate surface area is 62.4 Å². The highest BCUT2D eigenvalue weighted by atomic mass is 16.5. The van der Waals surface area contributed by atoms with Crippen LogP contribution in [0.4, 0.5) is 0 Å². The van der Waals surface area contributed by atoms with Gasteiger partial charge >= 0.3 is 11.7 Å². The Bertz CT molecular complexity index is 299. The zero-order chi connectivity index (χ0) is 8.27. The largest absolute Gasteiger partial charge is 0.461 e. The van der Waals surface area contributed by atoms with Gasteiger partial charge in [-0.05, 0) is 6.92 Å². The van der Waals surface area contributed by atoms with Gasteiger partial charge in [0.1, 0.15) is 5.69 Å². The Morgan fingerprint density at radius 2 is 2.45 bits per heavy atom. The zero-order valence-corrected chi connectivity index (χ0v) is 6.01. The van der Waals surface area contributed by atoms with Crippen molar-refractivity contribution < 1.29 is 9.53 Å². The van der Waals surface area contributed by atoms with Crippen molar-refractivity contribution >= 4 is 5.97 Å². The monoisotopic (exact) mass is 156 g/mol. The van der Waals surface area contributed by atoms with Gasteiger partial charge in [0.25, 0.3) is 0 Å². The number of carbonyl (C=O) groups is 1. The maximum Gasteiger partial charge on any atom is 0.356 e. The Kier molecular flexibility index (Phi) is 2.10. The maximum atomic E-state index is 10.8. The minimum absolute atomic E-state index is 0.150. The van der Waals surface area contributed by atoms with Crippen molar-refractivity contribution in [1.29, 1.82) is 0 Å². The molecule has 60 valence electrons. The first-order valence-corrected chi connectivity index (χ1v) is 3.19. The van der Waals surface area contributed by atoms with Crippen molar-refractivity contribution in [2.45, 2.75) is 6.92 Å². The van der Waals surface area contributed by atoms with E-state index in [0.29, 0.717) is 6.61 Å². The van der Waals surface area contributed by atoms with Crippen LogP contribution in [0.1, 0.15) is 17.4 Å². The van der Waals surface area contributed by atoms with Crippen LogP contribution in [0.5, 0.6) is 0 Å². The molecule has 5 heteroatoms. The number of aromatic nitrogens is 2. The Morgan fingerprint density at radius 1 is 1.73 bits per heavy atom. The van der Waals surface area contributed by atoms with Gasteiger partial charge in [0, 0.05) is 6.20 Å². The highest BCUT2D eigenvalue weighted by Crippen LogP contribution is 1.91. The minimum Gasteiger partial charge on any atom is -0.461 e. The number of nitrogens with one attached hydrogen (secondary N) is 2. The molecule has 1 aromatic rings. The number of H-pyrrole nitrogens is 2. The molecule has 0 saturated heterocycles. The number of carbonyl (C=O) groups excluding carboxylic acids is 1. The van der Waals surface area contributed by atoms with E-state index in [9.17, 15) is 9.59 Å². The van der Waals surface area contributed by atoms with Crippen LogP contribution < -0.4 is 5.69 Å². The average Bonchev–Trinajstić information content (AvgIpc) is 2.36. The number of hydrogen-bond acceptors (Lipinski definition) is 3. The normalized spacial score (nSPS) is 9.55. The second-order valence-corrected chi connectivity index (χ2v) is 1.88. The highest BCUT2D eigenvalue weighted by Gasteiger charge is 2.06. The van der Waals surface area contributed by atoms with Crippen molar-refractivity contribution in [2.75, 3.05) is 6.61 Å². The molecule has 0 aliphatic carbocycles. The van der Waals surface area contributed by atoms with E-state index in [1.807, 2.05) is 0 Å². The molecule has 0 bridgehead atoms. The quantitative estimate of drug-likeness (QED) is 0.586. The van der Waals surface area contributed by atoms with Crippen LogP contribution in [0, 0.1) is 0 Å².